The molecule has 0 atom stereocenters. The van der Waals surface area contributed by atoms with Crippen LogP contribution in [0.1, 0.15) is 17.0 Å². The summed E-state index contributed by atoms with van der Waals surface area (Å²) in [5, 5.41) is 0. The highest BCUT2D eigenvalue weighted by molar-refractivity contribution is 7.98. The topological polar surface area (TPSA) is 20.5 Å². The van der Waals surface area contributed by atoms with Crippen molar-refractivity contribution in [3.05, 3.63) is 65.7 Å². The molecule has 1 aromatic carbocycles. The van der Waals surface area contributed by atoms with Crippen LogP contribution in [-0.4, -0.2) is 34.6 Å². The number of aryl methyl sites for hydroxylation is 2. The van der Waals surface area contributed by atoms with E-state index in [2.05, 4.69) is 77.2 Å². The molecule has 0 unspecified atom stereocenters. The fourth-order valence-corrected chi connectivity index (χ4v) is 3.55. The van der Waals surface area contributed by atoms with Crippen molar-refractivity contribution in [3.63, 3.8) is 0 Å². The van der Waals surface area contributed by atoms with Gasteiger partial charge in [0.05, 0.1) is 16.9 Å². The van der Waals surface area contributed by atoms with E-state index in [-0.39, 0.29) is 0 Å². The second-order valence-corrected chi connectivity index (χ2v) is 6.86. The van der Waals surface area contributed by atoms with Crippen LogP contribution >= 0.6 is 11.8 Å². The zero-order valence-electron chi connectivity index (χ0n) is 14.0. The van der Waals surface area contributed by atoms with Crippen LogP contribution in [0, 0.1) is 0 Å². The smallest absolute Gasteiger partial charge is 0.0681 e. The van der Waals surface area contributed by atoms with Gasteiger partial charge in [-0.25, -0.2) is 0 Å². The van der Waals surface area contributed by atoms with E-state index in [0.29, 0.717) is 0 Å². The average Bonchev–Trinajstić information content (AvgIpc) is 2.92. The number of fused-ring (bicyclic) bond motifs is 1. The van der Waals surface area contributed by atoms with Gasteiger partial charge < -0.3 is 9.30 Å². The summed E-state index contributed by atoms with van der Waals surface area (Å²) < 4.78 is 2.30. The summed E-state index contributed by atoms with van der Waals surface area (Å²) >= 11 is 1.81. The van der Waals surface area contributed by atoms with Crippen molar-refractivity contribution >= 4 is 17.3 Å². The van der Waals surface area contributed by atoms with Crippen molar-refractivity contribution in [1.29, 1.82) is 0 Å². The lowest BCUT2D eigenvalue weighted by atomic mass is 10.1. The number of thioether (sulfide) groups is 1. The summed E-state index contributed by atoms with van der Waals surface area (Å²) in [7, 11) is 4.22. The van der Waals surface area contributed by atoms with Crippen LogP contribution in [0.25, 0.3) is 5.52 Å². The van der Waals surface area contributed by atoms with E-state index in [1.165, 1.54) is 27.4 Å². The molecule has 120 valence electrons. The molecule has 2 heterocycles. The van der Waals surface area contributed by atoms with E-state index in [1.54, 1.807) is 0 Å². The molecule has 3 aromatic rings. The number of rotatable bonds is 6. The summed E-state index contributed by atoms with van der Waals surface area (Å²) in [5.74, 6) is 0. The molecule has 0 saturated heterocycles. The summed E-state index contributed by atoms with van der Waals surface area (Å²) in [4.78, 5) is 8.20. The molecule has 0 bridgehead atoms. The summed E-state index contributed by atoms with van der Waals surface area (Å²) in [6.45, 7) is 0.937. The third-order valence-electron chi connectivity index (χ3n) is 4.02. The minimum atomic E-state index is 0.937. The number of hydrogen-bond donors (Lipinski definition) is 0. The number of hydrogen-bond acceptors (Lipinski definition) is 3. The van der Waals surface area contributed by atoms with Gasteiger partial charge in [0.25, 0.3) is 0 Å². The Labute approximate surface area is 142 Å². The quantitative estimate of drug-likeness (QED) is 0.641. The maximum atomic E-state index is 4.65. The van der Waals surface area contributed by atoms with Crippen LogP contribution in [-0.2, 0) is 19.4 Å². The molecule has 0 spiro atoms. The predicted molar refractivity (Wildman–Crippen MR) is 98.2 cm³/mol. The molecule has 0 radical (unpaired) electrons. The third-order valence-corrected chi connectivity index (χ3v) is 4.82. The fraction of sp³-hybridized carbons (Fsp3) is 0.316. The largest absolute Gasteiger partial charge is 0.315 e. The summed E-state index contributed by atoms with van der Waals surface area (Å²) in [6, 6.07) is 12.9. The molecule has 2 aromatic heterocycles. The van der Waals surface area contributed by atoms with Crippen molar-refractivity contribution in [2.75, 3.05) is 20.4 Å². The molecular formula is C19H23N3S. The Morgan fingerprint density at radius 1 is 1.13 bits per heavy atom. The lowest BCUT2D eigenvalue weighted by Crippen LogP contribution is -2.13. The second-order valence-electron chi connectivity index (χ2n) is 6.01. The van der Waals surface area contributed by atoms with Crippen molar-refractivity contribution in [3.8, 4) is 0 Å². The zero-order chi connectivity index (χ0) is 16.2. The first-order valence-electron chi connectivity index (χ1n) is 7.89. The van der Waals surface area contributed by atoms with Crippen molar-refractivity contribution in [2.24, 2.45) is 0 Å². The highest BCUT2D eigenvalue weighted by Gasteiger charge is 2.13. The van der Waals surface area contributed by atoms with Crippen molar-refractivity contribution in [2.45, 2.75) is 24.3 Å². The monoisotopic (exact) mass is 325 g/mol. The minimum absolute atomic E-state index is 0.937. The first-order valence-corrected chi connectivity index (χ1v) is 9.12. The van der Waals surface area contributed by atoms with Crippen LogP contribution in [0.15, 0.2) is 53.7 Å². The van der Waals surface area contributed by atoms with Gasteiger partial charge in [-0.1, -0.05) is 30.3 Å². The second kappa shape index (κ2) is 7.20. The molecule has 3 nitrogen and oxygen atoms in total. The predicted octanol–water partition coefficient (Wildman–Crippen LogP) is 3.90. The zero-order valence-corrected chi connectivity index (χ0v) is 14.8. The minimum Gasteiger partial charge on any atom is -0.315 e. The van der Waals surface area contributed by atoms with Gasteiger partial charge in [0.2, 0.25) is 0 Å². The first kappa shape index (κ1) is 16.1. The molecule has 0 fully saturated rings. The van der Waals surface area contributed by atoms with Crippen LogP contribution in [0.2, 0.25) is 0 Å². The Hall–Kier alpha value is -1.78. The van der Waals surface area contributed by atoms with Gasteiger partial charge >= 0.3 is 0 Å². The fourth-order valence-electron chi connectivity index (χ4n) is 2.92. The normalized spacial score (nSPS) is 11.5. The van der Waals surface area contributed by atoms with Gasteiger partial charge in [0, 0.05) is 23.8 Å². The molecular weight excluding hydrogens is 302 g/mol. The molecule has 0 saturated carbocycles. The van der Waals surface area contributed by atoms with Gasteiger partial charge in [0.1, 0.15) is 0 Å². The van der Waals surface area contributed by atoms with E-state index >= 15 is 0 Å². The maximum Gasteiger partial charge on any atom is 0.0681 e. The van der Waals surface area contributed by atoms with Crippen LogP contribution in [0.5, 0.6) is 0 Å². The third kappa shape index (κ3) is 3.59. The highest BCUT2D eigenvalue weighted by atomic mass is 32.2. The SMILES string of the molecule is CSc1cc2c(CCc3ccccc3)nccn2c1CN(C)C. The Bertz CT molecular complexity index is 778. The van der Waals surface area contributed by atoms with Crippen LogP contribution in [0.3, 0.4) is 0 Å². The van der Waals surface area contributed by atoms with Gasteiger partial charge in [-0.2, -0.15) is 0 Å². The Morgan fingerprint density at radius 3 is 2.61 bits per heavy atom. The van der Waals surface area contributed by atoms with Crippen LogP contribution < -0.4 is 0 Å². The van der Waals surface area contributed by atoms with Gasteiger partial charge in [-0.05, 0) is 44.8 Å². The molecule has 23 heavy (non-hydrogen) atoms. The molecule has 0 aliphatic heterocycles. The molecule has 0 aliphatic rings. The number of benzene rings is 1. The van der Waals surface area contributed by atoms with Gasteiger partial charge in [0.15, 0.2) is 0 Å². The molecule has 3 rings (SSSR count). The molecule has 0 N–H and O–H groups in total. The Kier molecular flexibility index (Phi) is 5.03. The molecule has 0 aliphatic carbocycles. The highest BCUT2D eigenvalue weighted by Crippen LogP contribution is 2.27. The van der Waals surface area contributed by atoms with E-state index in [0.717, 1.165) is 19.4 Å². The lowest BCUT2D eigenvalue weighted by Gasteiger charge is -2.12. The van der Waals surface area contributed by atoms with Crippen molar-refractivity contribution < 1.29 is 0 Å². The standard InChI is InChI=1S/C19H23N3S/c1-21(2)14-18-19(23-3)13-17-16(20-11-12-22(17)18)10-9-15-7-5-4-6-8-15/h4-8,11-13H,9-10,14H2,1-3H3. The Balaban J connectivity index is 1.93. The first-order chi connectivity index (χ1) is 11.2. The van der Waals surface area contributed by atoms with E-state index in [1.807, 2.05) is 18.0 Å². The molecule has 0 amide bonds. The lowest BCUT2D eigenvalue weighted by molar-refractivity contribution is 0.392. The van der Waals surface area contributed by atoms with E-state index < -0.39 is 0 Å². The average molecular weight is 325 g/mol. The Morgan fingerprint density at radius 2 is 1.91 bits per heavy atom. The van der Waals surface area contributed by atoms with E-state index in [9.17, 15) is 0 Å². The summed E-state index contributed by atoms with van der Waals surface area (Å²) in [6.07, 6.45) is 8.14. The van der Waals surface area contributed by atoms with Crippen molar-refractivity contribution in [1.82, 2.24) is 14.3 Å². The van der Waals surface area contributed by atoms with Gasteiger partial charge in [-0.3, -0.25) is 4.98 Å². The van der Waals surface area contributed by atoms with E-state index in [4.69, 9.17) is 0 Å². The van der Waals surface area contributed by atoms with Gasteiger partial charge in [-0.15, -0.1) is 11.8 Å². The summed E-state index contributed by atoms with van der Waals surface area (Å²) in [5.41, 5.74) is 5.13. The number of nitrogens with zero attached hydrogens (tertiary/aromatic N) is 3. The number of aromatic nitrogens is 2. The molecule has 4 heteroatoms. The van der Waals surface area contributed by atoms with Crippen LogP contribution in [0.4, 0.5) is 0 Å². The maximum absolute atomic E-state index is 4.65.